The summed E-state index contributed by atoms with van der Waals surface area (Å²) in [6, 6.07) is 2.54. The Morgan fingerprint density at radius 2 is 2.06 bits per heavy atom. The number of hydrogen-bond acceptors (Lipinski definition) is 3. The molecule has 0 aromatic carbocycles. The minimum absolute atomic E-state index is 0.428. The fourth-order valence-corrected chi connectivity index (χ4v) is 2.53. The Bertz CT molecular complexity index is 443. The van der Waals surface area contributed by atoms with E-state index in [0.717, 1.165) is 35.6 Å². The predicted octanol–water partition coefficient (Wildman–Crippen LogP) is 2.96. The molecule has 0 bridgehead atoms. The standard InChI is InChI=1S/C14H23N3S/c1-6-10(4)17(7-2)12-8-9(3)16-11(5)13(12)14(15)18/h8,10H,6-7H2,1-5H3,(H2,15,18). The summed E-state index contributed by atoms with van der Waals surface area (Å²) in [4.78, 5) is 7.23. The summed E-state index contributed by atoms with van der Waals surface area (Å²) in [5.74, 6) is 0. The van der Waals surface area contributed by atoms with Crippen molar-refractivity contribution in [1.82, 2.24) is 4.98 Å². The summed E-state index contributed by atoms with van der Waals surface area (Å²) in [6.07, 6.45) is 1.09. The molecule has 0 saturated carbocycles. The van der Waals surface area contributed by atoms with Gasteiger partial charge in [0.15, 0.2) is 0 Å². The Hall–Kier alpha value is -1.16. The SMILES string of the molecule is CCC(C)N(CC)c1cc(C)nc(C)c1C(N)=S. The molecule has 1 unspecified atom stereocenters. The number of thiocarbonyl (C=S) groups is 1. The molecular formula is C14H23N3S. The van der Waals surface area contributed by atoms with Crippen LogP contribution < -0.4 is 10.6 Å². The lowest BCUT2D eigenvalue weighted by Crippen LogP contribution is -2.34. The van der Waals surface area contributed by atoms with Crippen LogP contribution >= 0.6 is 12.2 Å². The van der Waals surface area contributed by atoms with Crippen LogP contribution in [0.5, 0.6) is 0 Å². The minimum atomic E-state index is 0.428. The highest BCUT2D eigenvalue weighted by atomic mass is 32.1. The van der Waals surface area contributed by atoms with Gasteiger partial charge in [0.05, 0.1) is 11.3 Å². The topological polar surface area (TPSA) is 42.2 Å². The lowest BCUT2D eigenvalue weighted by Gasteiger charge is -2.32. The van der Waals surface area contributed by atoms with E-state index < -0.39 is 0 Å². The Kier molecular flexibility index (Phi) is 5.08. The fourth-order valence-electron chi connectivity index (χ4n) is 2.28. The van der Waals surface area contributed by atoms with Crippen molar-refractivity contribution >= 4 is 22.9 Å². The zero-order valence-corrected chi connectivity index (χ0v) is 12.8. The summed E-state index contributed by atoms with van der Waals surface area (Å²) >= 11 is 5.18. The molecule has 1 rings (SSSR count). The van der Waals surface area contributed by atoms with Gasteiger partial charge in [0.2, 0.25) is 0 Å². The van der Waals surface area contributed by atoms with Crippen molar-refractivity contribution in [2.45, 2.75) is 47.1 Å². The molecule has 0 saturated heterocycles. The third-order valence-corrected chi connectivity index (χ3v) is 3.53. The molecule has 1 atom stereocenters. The monoisotopic (exact) mass is 265 g/mol. The van der Waals surface area contributed by atoms with Gasteiger partial charge in [0, 0.05) is 24.0 Å². The first kappa shape index (κ1) is 14.9. The van der Waals surface area contributed by atoms with Crippen LogP contribution in [-0.2, 0) is 0 Å². The van der Waals surface area contributed by atoms with Crippen LogP contribution in [0.15, 0.2) is 6.07 Å². The number of anilines is 1. The van der Waals surface area contributed by atoms with E-state index >= 15 is 0 Å². The summed E-state index contributed by atoms with van der Waals surface area (Å²) in [6.45, 7) is 11.5. The van der Waals surface area contributed by atoms with Crippen LogP contribution in [0.4, 0.5) is 5.69 Å². The second-order valence-electron chi connectivity index (χ2n) is 4.65. The lowest BCUT2D eigenvalue weighted by molar-refractivity contribution is 0.629. The van der Waals surface area contributed by atoms with Crippen LogP contribution in [-0.4, -0.2) is 22.6 Å². The smallest absolute Gasteiger partial charge is 0.107 e. The molecule has 0 radical (unpaired) electrons. The molecule has 1 aromatic rings. The normalized spacial score (nSPS) is 12.3. The highest BCUT2D eigenvalue weighted by Gasteiger charge is 2.19. The zero-order valence-electron chi connectivity index (χ0n) is 11.9. The van der Waals surface area contributed by atoms with Gasteiger partial charge < -0.3 is 10.6 Å². The van der Waals surface area contributed by atoms with Crippen molar-refractivity contribution < 1.29 is 0 Å². The highest BCUT2D eigenvalue weighted by Crippen LogP contribution is 2.26. The maximum atomic E-state index is 5.86. The van der Waals surface area contributed by atoms with Crippen molar-refractivity contribution in [2.24, 2.45) is 5.73 Å². The first-order chi connectivity index (χ1) is 8.42. The number of hydrogen-bond donors (Lipinski definition) is 1. The van der Waals surface area contributed by atoms with Gasteiger partial charge in [0.1, 0.15) is 4.99 Å². The third kappa shape index (κ3) is 2.99. The average molecular weight is 265 g/mol. The zero-order chi connectivity index (χ0) is 13.9. The van der Waals surface area contributed by atoms with E-state index in [1.165, 1.54) is 0 Å². The summed E-state index contributed by atoms with van der Waals surface area (Å²) in [5, 5.41) is 0. The molecule has 0 aliphatic heterocycles. The Morgan fingerprint density at radius 3 is 2.50 bits per heavy atom. The third-order valence-electron chi connectivity index (χ3n) is 3.33. The van der Waals surface area contributed by atoms with Crippen LogP contribution in [0.25, 0.3) is 0 Å². The molecule has 4 heteroatoms. The van der Waals surface area contributed by atoms with Crippen molar-refractivity contribution in [1.29, 1.82) is 0 Å². The van der Waals surface area contributed by atoms with Gasteiger partial charge >= 0.3 is 0 Å². The molecule has 0 amide bonds. The van der Waals surface area contributed by atoms with Gasteiger partial charge in [-0.2, -0.15) is 0 Å². The number of pyridine rings is 1. The van der Waals surface area contributed by atoms with Crippen LogP contribution in [0.1, 0.15) is 44.1 Å². The fraction of sp³-hybridized carbons (Fsp3) is 0.571. The maximum absolute atomic E-state index is 5.86. The molecule has 100 valence electrons. The number of rotatable bonds is 5. The van der Waals surface area contributed by atoms with Crippen LogP contribution in [0, 0.1) is 13.8 Å². The van der Waals surface area contributed by atoms with Gasteiger partial charge in [-0.25, -0.2) is 0 Å². The van der Waals surface area contributed by atoms with Gasteiger partial charge in [0.25, 0.3) is 0 Å². The first-order valence-corrected chi connectivity index (χ1v) is 6.87. The van der Waals surface area contributed by atoms with Gasteiger partial charge in [-0.3, -0.25) is 4.98 Å². The minimum Gasteiger partial charge on any atom is -0.389 e. The van der Waals surface area contributed by atoms with E-state index in [-0.39, 0.29) is 0 Å². The van der Waals surface area contributed by atoms with E-state index in [1.54, 1.807) is 0 Å². The second kappa shape index (κ2) is 6.14. The largest absolute Gasteiger partial charge is 0.389 e. The van der Waals surface area contributed by atoms with Crippen LogP contribution in [0.2, 0.25) is 0 Å². The Balaban J connectivity index is 3.40. The second-order valence-corrected chi connectivity index (χ2v) is 5.09. The van der Waals surface area contributed by atoms with Gasteiger partial charge in [-0.05, 0) is 40.2 Å². The summed E-state index contributed by atoms with van der Waals surface area (Å²) in [7, 11) is 0. The molecule has 0 aliphatic rings. The molecule has 2 N–H and O–H groups in total. The Labute approximate surface area is 115 Å². The van der Waals surface area contributed by atoms with Crippen molar-refractivity contribution in [3.63, 3.8) is 0 Å². The number of nitrogens with two attached hydrogens (primary N) is 1. The molecule has 0 fully saturated rings. The van der Waals surface area contributed by atoms with E-state index in [9.17, 15) is 0 Å². The van der Waals surface area contributed by atoms with Gasteiger partial charge in [-0.15, -0.1) is 0 Å². The summed E-state index contributed by atoms with van der Waals surface area (Å²) < 4.78 is 0. The molecule has 18 heavy (non-hydrogen) atoms. The molecular weight excluding hydrogens is 242 g/mol. The van der Waals surface area contributed by atoms with E-state index in [0.29, 0.717) is 11.0 Å². The molecule has 1 aromatic heterocycles. The van der Waals surface area contributed by atoms with E-state index in [2.05, 4.69) is 36.7 Å². The number of nitrogens with zero attached hydrogens (tertiary/aromatic N) is 2. The molecule has 0 spiro atoms. The molecule has 3 nitrogen and oxygen atoms in total. The summed E-state index contributed by atoms with van der Waals surface area (Å²) in [5.41, 5.74) is 9.81. The van der Waals surface area contributed by atoms with E-state index in [1.807, 2.05) is 13.8 Å². The average Bonchev–Trinajstić information content (AvgIpc) is 2.28. The quantitative estimate of drug-likeness (QED) is 0.831. The first-order valence-electron chi connectivity index (χ1n) is 6.47. The van der Waals surface area contributed by atoms with Crippen LogP contribution in [0.3, 0.4) is 0 Å². The van der Waals surface area contributed by atoms with Crippen molar-refractivity contribution in [3.05, 3.63) is 23.0 Å². The lowest BCUT2D eigenvalue weighted by atomic mass is 10.1. The van der Waals surface area contributed by atoms with Crippen molar-refractivity contribution in [3.8, 4) is 0 Å². The number of aromatic nitrogens is 1. The molecule has 1 heterocycles. The maximum Gasteiger partial charge on any atom is 0.107 e. The predicted molar refractivity (Wildman–Crippen MR) is 82.4 cm³/mol. The van der Waals surface area contributed by atoms with Gasteiger partial charge in [-0.1, -0.05) is 19.1 Å². The van der Waals surface area contributed by atoms with Crippen molar-refractivity contribution in [2.75, 3.05) is 11.4 Å². The van der Waals surface area contributed by atoms with E-state index in [4.69, 9.17) is 18.0 Å². The Morgan fingerprint density at radius 1 is 1.44 bits per heavy atom. The molecule has 0 aliphatic carbocycles. The highest BCUT2D eigenvalue weighted by molar-refractivity contribution is 7.80. The number of aryl methyl sites for hydroxylation is 2.